The Morgan fingerprint density at radius 3 is 2.20 bits per heavy atom. The minimum absolute atomic E-state index is 0.109. The molecule has 0 saturated carbocycles. The van der Waals surface area contributed by atoms with E-state index >= 15 is 0 Å². The second-order valence-electron chi connectivity index (χ2n) is 18.7. The predicted octanol–water partition coefficient (Wildman–Crippen LogP) is -0.0262. The molecule has 0 bridgehead atoms. The molecule has 0 radical (unpaired) electrons. The molecule has 22 nitrogen and oxygen atoms in total. The number of thiol groups is 1. The van der Waals surface area contributed by atoms with Gasteiger partial charge in [-0.2, -0.15) is 12.6 Å². The van der Waals surface area contributed by atoms with Crippen molar-refractivity contribution in [2.24, 2.45) is 29.2 Å². The number of rotatable bonds is 32. The van der Waals surface area contributed by atoms with E-state index in [2.05, 4.69) is 67.9 Å². The van der Waals surface area contributed by atoms with E-state index in [-0.39, 0.29) is 61.6 Å². The van der Waals surface area contributed by atoms with E-state index in [1.165, 1.54) is 24.3 Å². The summed E-state index contributed by atoms with van der Waals surface area (Å²) in [5.74, 6) is -6.12. The SMILES string of the molecule is C=C(C)C(CCOC1CC(C(=O)NC(CC(C)C)C(=O)NC(Cc2cnc[nH]2)C(=O)NC(CO)C(=O)NC(C(N)=O)C(C)CP(=O)(O)O)N(C(=O)CCCCCNC(=O)C(N)CS)C1)Cc1ccccc1. The number of amides is 7. The largest absolute Gasteiger partial charge is 0.394 e. The topological polar surface area (TPSA) is 351 Å². The molecule has 1 saturated heterocycles. The summed E-state index contributed by atoms with van der Waals surface area (Å²) in [6.07, 6.45) is 4.72. The smallest absolute Gasteiger partial charge is 0.325 e. The number of unbranched alkanes of at least 4 members (excludes halogenated alkanes) is 2. The molecule has 0 aliphatic carbocycles. The summed E-state index contributed by atoms with van der Waals surface area (Å²) < 4.78 is 18.0. The number of nitrogens with two attached hydrogens (primary N) is 2. The summed E-state index contributed by atoms with van der Waals surface area (Å²) in [5.41, 5.74) is 13.7. The van der Waals surface area contributed by atoms with E-state index in [1.807, 2.05) is 39.0 Å². The Hall–Kier alpha value is -5.16. The molecule has 3 rings (SSSR count). The van der Waals surface area contributed by atoms with Crippen molar-refractivity contribution >= 4 is 61.6 Å². The van der Waals surface area contributed by atoms with Crippen molar-refractivity contribution in [2.75, 3.05) is 38.2 Å². The molecule has 13 N–H and O–H groups in total. The maximum atomic E-state index is 14.4. The molecular weight excluding hydrogens is 960 g/mol. The van der Waals surface area contributed by atoms with Crippen LogP contribution in [0.3, 0.4) is 0 Å². The van der Waals surface area contributed by atoms with Crippen LogP contribution in [0.15, 0.2) is 55.0 Å². The third kappa shape index (κ3) is 21.2. The van der Waals surface area contributed by atoms with Gasteiger partial charge >= 0.3 is 7.60 Å². The fraction of sp³-hybridized carbons (Fsp3) is 0.617. The van der Waals surface area contributed by atoms with Gasteiger partial charge in [0.05, 0.1) is 31.2 Å². The lowest BCUT2D eigenvalue weighted by atomic mass is 9.91. The van der Waals surface area contributed by atoms with Gasteiger partial charge in [0, 0.05) is 56.6 Å². The van der Waals surface area contributed by atoms with Gasteiger partial charge in [0.25, 0.3) is 0 Å². The van der Waals surface area contributed by atoms with Crippen LogP contribution in [0.4, 0.5) is 0 Å². The van der Waals surface area contributed by atoms with E-state index in [0.717, 1.165) is 17.6 Å². The number of aliphatic hydroxyl groups excluding tert-OH is 1. The average molecular weight is 1040 g/mol. The molecule has 24 heteroatoms. The number of nitrogens with zero attached hydrogens (tertiary/aromatic N) is 2. The molecule has 1 aliphatic heterocycles. The van der Waals surface area contributed by atoms with Gasteiger partial charge in [0.1, 0.15) is 30.2 Å². The number of imidazole rings is 1. The molecule has 7 amide bonds. The highest BCUT2D eigenvalue weighted by atomic mass is 32.1. The van der Waals surface area contributed by atoms with Crippen molar-refractivity contribution in [1.29, 1.82) is 0 Å². The van der Waals surface area contributed by atoms with Crippen molar-refractivity contribution in [2.45, 2.75) is 128 Å². The average Bonchev–Trinajstić information content (AvgIpc) is 3.99. The Morgan fingerprint density at radius 2 is 1.61 bits per heavy atom. The Balaban J connectivity index is 1.80. The first kappa shape index (κ1) is 60.1. The van der Waals surface area contributed by atoms with Crippen molar-refractivity contribution in [3.63, 3.8) is 0 Å². The maximum absolute atomic E-state index is 14.4. The summed E-state index contributed by atoms with van der Waals surface area (Å²) in [6.45, 7) is 11.0. The first-order valence-corrected chi connectivity index (χ1v) is 26.3. The zero-order valence-electron chi connectivity index (χ0n) is 41.1. The molecule has 0 spiro atoms. The Labute approximate surface area is 421 Å². The number of H-pyrrole nitrogens is 1. The molecule has 1 aliphatic rings. The summed E-state index contributed by atoms with van der Waals surface area (Å²) in [5, 5.41) is 23.0. The zero-order valence-corrected chi connectivity index (χ0v) is 42.9. The van der Waals surface area contributed by atoms with Crippen molar-refractivity contribution in [3.05, 3.63) is 66.3 Å². The number of allylic oxidation sites excluding steroid dienone is 1. The number of benzene rings is 1. The Bertz CT molecular complexity index is 2110. The number of aromatic amines is 1. The first-order valence-electron chi connectivity index (χ1n) is 23.9. The molecule has 9 unspecified atom stereocenters. The number of ether oxygens (including phenoxy) is 1. The van der Waals surface area contributed by atoms with Crippen molar-refractivity contribution < 1.29 is 57.8 Å². The Morgan fingerprint density at radius 1 is 0.944 bits per heavy atom. The van der Waals surface area contributed by atoms with Crippen LogP contribution in [0, 0.1) is 17.8 Å². The summed E-state index contributed by atoms with van der Waals surface area (Å²) >= 11 is 4.05. The van der Waals surface area contributed by atoms with Crippen LogP contribution in [0.2, 0.25) is 0 Å². The monoisotopic (exact) mass is 1030 g/mol. The Kier molecular flexibility index (Phi) is 25.4. The number of aliphatic hydroxyl groups is 1. The molecule has 1 aromatic carbocycles. The van der Waals surface area contributed by atoms with Gasteiger partial charge in [-0.1, -0.05) is 69.7 Å². The second kappa shape index (κ2) is 30.0. The maximum Gasteiger partial charge on any atom is 0.325 e. The number of aromatic nitrogens is 2. The number of carbonyl (C=O) groups is 7. The fourth-order valence-corrected chi connectivity index (χ4v) is 9.28. The number of primary amides is 1. The standard InChI is InChI=1S/C47H75N10O12PS/c1-28(2)18-36(44(62)53-37(20-33-22-50-27-52-33)45(63)55-38(24-58)46(64)56-41(42(49)60)30(5)25-70(66,67)68)54-47(65)39-21-34(69-17-15-32(29(3)4)19-31-12-8-6-9-13-31)23-57(39)40(59)14-10-7-11-16-51-43(61)35(48)26-71/h6,8-9,12-13,22,27-28,30,32,34-39,41,58,71H,3,7,10-11,14-21,23-26,48H2,1-2,4-5H3,(H2,49,60)(H,50,52)(H,51,61)(H,53,62)(H,54,65)(H,55,63)(H,56,64)(H2,66,67,68). The lowest BCUT2D eigenvalue weighted by molar-refractivity contribution is -0.140. The van der Waals surface area contributed by atoms with Gasteiger partial charge in [-0.3, -0.25) is 38.1 Å². The molecule has 1 fully saturated rings. The summed E-state index contributed by atoms with van der Waals surface area (Å²) in [7, 11) is -4.64. The normalized spacial score (nSPS) is 17.7. The minimum Gasteiger partial charge on any atom is -0.394 e. The zero-order chi connectivity index (χ0) is 52.8. The van der Waals surface area contributed by atoms with Crippen LogP contribution in [0.1, 0.15) is 83.9 Å². The molecule has 396 valence electrons. The van der Waals surface area contributed by atoms with E-state index in [4.69, 9.17) is 16.2 Å². The molecule has 2 aromatic rings. The second-order valence-corrected chi connectivity index (χ2v) is 20.8. The summed E-state index contributed by atoms with van der Waals surface area (Å²) in [6, 6.07) is 2.34. The highest BCUT2D eigenvalue weighted by molar-refractivity contribution is 7.80. The van der Waals surface area contributed by atoms with E-state index in [0.29, 0.717) is 44.5 Å². The highest BCUT2D eigenvalue weighted by Gasteiger charge is 2.42. The van der Waals surface area contributed by atoms with Gasteiger partial charge in [-0.25, -0.2) is 4.98 Å². The highest BCUT2D eigenvalue weighted by Crippen LogP contribution is 2.37. The lowest BCUT2D eigenvalue weighted by Gasteiger charge is -2.28. The predicted molar refractivity (Wildman–Crippen MR) is 268 cm³/mol. The molecule has 2 heterocycles. The number of likely N-dealkylation sites (tertiary alicyclic amines) is 1. The number of hydrogen-bond donors (Lipinski definition) is 12. The van der Waals surface area contributed by atoms with Gasteiger partial charge in [0.15, 0.2) is 0 Å². The van der Waals surface area contributed by atoms with E-state index in [9.17, 15) is 53.0 Å². The van der Waals surface area contributed by atoms with Gasteiger partial charge in [-0.15, -0.1) is 0 Å². The molecule has 9 atom stereocenters. The fourth-order valence-electron chi connectivity index (χ4n) is 8.15. The van der Waals surface area contributed by atoms with Crippen LogP contribution in [-0.4, -0.2) is 152 Å². The van der Waals surface area contributed by atoms with Crippen LogP contribution in [0.25, 0.3) is 0 Å². The summed E-state index contributed by atoms with van der Waals surface area (Å²) in [4.78, 5) is 121. The minimum atomic E-state index is -4.64. The molecular formula is C47H75N10O12PS. The van der Waals surface area contributed by atoms with E-state index in [1.54, 1.807) is 0 Å². The first-order chi connectivity index (χ1) is 33.5. The van der Waals surface area contributed by atoms with E-state index < -0.39 is 98.2 Å². The van der Waals surface area contributed by atoms with Crippen molar-refractivity contribution in [1.82, 2.24) is 41.5 Å². The molecule has 71 heavy (non-hydrogen) atoms. The number of hydrogen-bond acceptors (Lipinski definition) is 13. The van der Waals surface area contributed by atoms with Crippen LogP contribution in [-0.2, 0) is 55.7 Å². The van der Waals surface area contributed by atoms with Crippen LogP contribution < -0.4 is 38.1 Å². The van der Waals surface area contributed by atoms with Crippen LogP contribution in [0.5, 0.6) is 0 Å². The third-order valence-corrected chi connectivity index (χ3v) is 13.5. The van der Waals surface area contributed by atoms with Crippen LogP contribution >= 0.6 is 20.2 Å². The quantitative estimate of drug-likeness (QED) is 0.0198. The number of nitrogens with one attached hydrogen (secondary N) is 6. The van der Waals surface area contributed by atoms with Crippen molar-refractivity contribution in [3.8, 4) is 0 Å². The third-order valence-electron chi connectivity index (χ3n) is 12.1. The van der Waals surface area contributed by atoms with Gasteiger partial charge < -0.3 is 67.6 Å². The number of carbonyl (C=O) groups excluding carboxylic acids is 7. The lowest BCUT2D eigenvalue weighted by Crippen LogP contribution is -2.60. The van der Waals surface area contributed by atoms with Gasteiger partial charge in [0.2, 0.25) is 41.4 Å². The van der Waals surface area contributed by atoms with Gasteiger partial charge in [-0.05, 0) is 62.3 Å². The molecule has 1 aromatic heterocycles.